The van der Waals surface area contributed by atoms with Gasteiger partial charge in [-0.2, -0.15) is 0 Å². The van der Waals surface area contributed by atoms with Crippen molar-refractivity contribution < 1.29 is 4.74 Å². The zero-order chi connectivity index (χ0) is 20.9. The molecule has 1 aromatic heterocycles. The molecular formula is C23H26ClN3O2S. The van der Waals surface area contributed by atoms with Gasteiger partial charge in [-0.1, -0.05) is 53.7 Å². The molecule has 1 unspecified atom stereocenters. The maximum atomic E-state index is 13.3. The van der Waals surface area contributed by atoms with Crippen LogP contribution in [0.2, 0.25) is 5.02 Å². The lowest BCUT2D eigenvalue weighted by atomic mass is 10.2. The molecule has 30 heavy (non-hydrogen) atoms. The molecule has 1 fully saturated rings. The van der Waals surface area contributed by atoms with Gasteiger partial charge in [-0.3, -0.25) is 14.3 Å². The minimum absolute atomic E-state index is 0.0245. The smallest absolute Gasteiger partial charge is 0.262 e. The van der Waals surface area contributed by atoms with E-state index in [-0.39, 0.29) is 10.8 Å². The van der Waals surface area contributed by atoms with E-state index in [0.29, 0.717) is 11.9 Å². The van der Waals surface area contributed by atoms with Crippen molar-refractivity contribution in [2.24, 2.45) is 0 Å². The molecule has 0 N–H and O–H groups in total. The Bertz CT molecular complexity index is 1070. The Morgan fingerprint density at radius 1 is 1.10 bits per heavy atom. The molecule has 2 heterocycles. The van der Waals surface area contributed by atoms with E-state index in [1.165, 1.54) is 0 Å². The number of aromatic nitrogens is 2. The summed E-state index contributed by atoms with van der Waals surface area (Å²) in [6.07, 6.45) is 0.897. The summed E-state index contributed by atoms with van der Waals surface area (Å²) in [4.78, 5) is 20.5. The Morgan fingerprint density at radius 2 is 1.83 bits per heavy atom. The second-order valence-electron chi connectivity index (χ2n) is 7.46. The van der Waals surface area contributed by atoms with Crippen LogP contribution in [-0.2, 0) is 11.3 Å². The predicted octanol–water partition coefficient (Wildman–Crippen LogP) is 4.63. The van der Waals surface area contributed by atoms with Crippen molar-refractivity contribution in [3.8, 4) is 0 Å². The van der Waals surface area contributed by atoms with Gasteiger partial charge < -0.3 is 4.74 Å². The van der Waals surface area contributed by atoms with Crippen LogP contribution in [0.5, 0.6) is 0 Å². The first-order valence-corrected chi connectivity index (χ1v) is 11.6. The lowest BCUT2D eigenvalue weighted by Gasteiger charge is -2.26. The molecule has 0 aliphatic carbocycles. The molecule has 1 aliphatic heterocycles. The van der Waals surface area contributed by atoms with Crippen molar-refractivity contribution >= 4 is 34.3 Å². The van der Waals surface area contributed by atoms with E-state index in [1.54, 1.807) is 11.8 Å². The topological polar surface area (TPSA) is 47.4 Å². The molecule has 1 atom stereocenters. The molecule has 7 heteroatoms. The number of para-hydroxylation sites is 1. The van der Waals surface area contributed by atoms with Crippen molar-refractivity contribution in [2.45, 2.75) is 30.3 Å². The van der Waals surface area contributed by atoms with Gasteiger partial charge in [0, 0.05) is 36.5 Å². The van der Waals surface area contributed by atoms with E-state index in [2.05, 4.69) is 11.8 Å². The number of benzene rings is 2. The van der Waals surface area contributed by atoms with Crippen LogP contribution in [0.1, 0.15) is 24.2 Å². The molecule has 3 aromatic rings. The van der Waals surface area contributed by atoms with Gasteiger partial charge in [-0.15, -0.1) is 0 Å². The summed E-state index contributed by atoms with van der Waals surface area (Å²) in [5.74, 6) is 0. The average molecular weight is 444 g/mol. The molecular weight excluding hydrogens is 418 g/mol. The van der Waals surface area contributed by atoms with Crippen molar-refractivity contribution in [1.82, 2.24) is 14.5 Å². The highest BCUT2D eigenvalue weighted by Crippen LogP contribution is 2.37. The number of thioether (sulfide) groups is 1. The van der Waals surface area contributed by atoms with Crippen LogP contribution >= 0.6 is 23.4 Å². The first-order chi connectivity index (χ1) is 14.6. The number of hydrogen-bond acceptors (Lipinski definition) is 5. The maximum absolute atomic E-state index is 13.3. The summed E-state index contributed by atoms with van der Waals surface area (Å²) in [6, 6.07) is 15.4. The molecule has 5 nitrogen and oxygen atoms in total. The largest absolute Gasteiger partial charge is 0.379 e. The van der Waals surface area contributed by atoms with Gasteiger partial charge in [-0.05, 0) is 37.1 Å². The van der Waals surface area contributed by atoms with Crippen molar-refractivity contribution in [1.29, 1.82) is 0 Å². The van der Waals surface area contributed by atoms with Gasteiger partial charge in [0.25, 0.3) is 5.56 Å². The fourth-order valence-corrected chi connectivity index (χ4v) is 5.20. The third-order valence-corrected chi connectivity index (χ3v) is 6.89. The van der Waals surface area contributed by atoms with Crippen LogP contribution in [0.3, 0.4) is 0 Å². The summed E-state index contributed by atoms with van der Waals surface area (Å²) >= 11 is 7.99. The number of morpholine rings is 1. The Labute approximate surface area is 186 Å². The standard InChI is InChI=1S/C23H26ClN3O2S/c1-17(18-7-2-4-9-20(18)24)30-23-25-21-10-5-3-8-19(21)22(28)27(23)12-6-11-26-13-15-29-16-14-26/h2-5,7-10,17H,6,11-16H2,1H3. The first-order valence-electron chi connectivity index (χ1n) is 10.3. The highest BCUT2D eigenvalue weighted by atomic mass is 35.5. The fourth-order valence-electron chi connectivity index (χ4n) is 3.74. The molecule has 158 valence electrons. The molecule has 0 bridgehead atoms. The minimum Gasteiger partial charge on any atom is -0.379 e. The molecule has 4 rings (SSSR count). The van der Waals surface area contributed by atoms with E-state index in [1.807, 2.05) is 53.1 Å². The SMILES string of the molecule is CC(Sc1nc2ccccc2c(=O)n1CCCN1CCOCC1)c1ccccc1Cl. The maximum Gasteiger partial charge on any atom is 0.262 e. The Kier molecular flexibility index (Phi) is 7.10. The van der Waals surface area contributed by atoms with Crippen LogP contribution in [0, 0.1) is 0 Å². The number of nitrogens with zero attached hydrogens (tertiary/aromatic N) is 3. The molecule has 0 amide bonds. The molecule has 1 aliphatic rings. The van der Waals surface area contributed by atoms with Gasteiger partial charge in [0.1, 0.15) is 0 Å². The highest BCUT2D eigenvalue weighted by Gasteiger charge is 2.18. The number of fused-ring (bicyclic) bond motifs is 1. The summed E-state index contributed by atoms with van der Waals surface area (Å²) < 4.78 is 7.26. The number of ether oxygens (including phenoxy) is 1. The summed E-state index contributed by atoms with van der Waals surface area (Å²) in [5, 5.41) is 2.23. The van der Waals surface area contributed by atoms with Crippen LogP contribution in [0.25, 0.3) is 10.9 Å². The van der Waals surface area contributed by atoms with E-state index in [9.17, 15) is 4.79 Å². The van der Waals surface area contributed by atoms with E-state index < -0.39 is 0 Å². The zero-order valence-electron chi connectivity index (χ0n) is 17.1. The van der Waals surface area contributed by atoms with Crippen molar-refractivity contribution in [3.05, 3.63) is 69.5 Å². The number of rotatable bonds is 7. The van der Waals surface area contributed by atoms with E-state index in [0.717, 1.165) is 60.5 Å². The normalized spacial score (nSPS) is 16.1. The average Bonchev–Trinajstić information content (AvgIpc) is 2.77. The summed E-state index contributed by atoms with van der Waals surface area (Å²) in [7, 11) is 0. The van der Waals surface area contributed by atoms with Crippen molar-refractivity contribution in [3.63, 3.8) is 0 Å². The molecule has 0 saturated carbocycles. The monoisotopic (exact) mass is 443 g/mol. The predicted molar refractivity (Wildman–Crippen MR) is 124 cm³/mol. The highest BCUT2D eigenvalue weighted by molar-refractivity contribution is 7.99. The summed E-state index contributed by atoms with van der Waals surface area (Å²) in [6.45, 7) is 7.18. The van der Waals surface area contributed by atoms with Crippen molar-refractivity contribution in [2.75, 3.05) is 32.8 Å². The minimum atomic E-state index is 0.0245. The van der Waals surface area contributed by atoms with Crippen LogP contribution in [0.15, 0.2) is 58.5 Å². The summed E-state index contributed by atoms with van der Waals surface area (Å²) in [5.41, 5.74) is 1.81. The third kappa shape index (κ3) is 4.89. The number of hydrogen-bond donors (Lipinski definition) is 0. The Hall–Kier alpha value is -1.86. The molecule has 0 spiro atoms. The molecule has 2 aromatic carbocycles. The second kappa shape index (κ2) is 9.96. The van der Waals surface area contributed by atoms with Gasteiger partial charge in [0.2, 0.25) is 0 Å². The van der Waals surface area contributed by atoms with Crippen LogP contribution in [0.4, 0.5) is 0 Å². The van der Waals surface area contributed by atoms with Crippen LogP contribution in [-0.4, -0.2) is 47.3 Å². The lowest BCUT2D eigenvalue weighted by molar-refractivity contribution is 0.0368. The van der Waals surface area contributed by atoms with Gasteiger partial charge in [-0.25, -0.2) is 4.98 Å². The van der Waals surface area contributed by atoms with E-state index >= 15 is 0 Å². The fraction of sp³-hybridized carbons (Fsp3) is 0.391. The van der Waals surface area contributed by atoms with Crippen LogP contribution < -0.4 is 5.56 Å². The van der Waals surface area contributed by atoms with Gasteiger partial charge in [0.15, 0.2) is 5.16 Å². The van der Waals surface area contributed by atoms with Gasteiger partial charge in [0.05, 0.1) is 24.1 Å². The number of halogens is 1. The molecule has 1 saturated heterocycles. The zero-order valence-corrected chi connectivity index (χ0v) is 18.7. The Morgan fingerprint density at radius 3 is 2.63 bits per heavy atom. The van der Waals surface area contributed by atoms with Gasteiger partial charge >= 0.3 is 0 Å². The second-order valence-corrected chi connectivity index (χ2v) is 9.17. The van der Waals surface area contributed by atoms with E-state index in [4.69, 9.17) is 21.3 Å². The third-order valence-electron chi connectivity index (χ3n) is 5.41. The first kappa shape index (κ1) is 21.4. The Balaban J connectivity index is 1.60. The lowest BCUT2D eigenvalue weighted by Crippen LogP contribution is -2.37. The molecule has 0 radical (unpaired) electrons. The quantitative estimate of drug-likeness (QED) is 0.393.